The van der Waals surface area contributed by atoms with Crippen molar-refractivity contribution in [2.75, 3.05) is 20.8 Å². The SMILES string of the molecule is COC(=O)[C@@H]1C[C@@H](O[Si](C)(C)C(C)(C)C)CN1C(=O)C(c1cc(OC)no1)C(C)C. The maximum Gasteiger partial charge on any atom is 0.328 e. The Labute approximate surface area is 180 Å². The maximum absolute atomic E-state index is 13.6. The Balaban J connectivity index is 2.30. The van der Waals surface area contributed by atoms with Crippen molar-refractivity contribution in [2.45, 2.75) is 77.2 Å². The molecule has 1 aromatic rings. The summed E-state index contributed by atoms with van der Waals surface area (Å²) in [4.78, 5) is 27.7. The van der Waals surface area contributed by atoms with Crippen molar-refractivity contribution in [3.63, 3.8) is 0 Å². The van der Waals surface area contributed by atoms with Crippen LogP contribution in [0.15, 0.2) is 10.6 Å². The minimum Gasteiger partial charge on any atom is -0.479 e. The molecule has 1 unspecified atom stereocenters. The summed E-state index contributed by atoms with van der Waals surface area (Å²) in [5.41, 5.74) is 0. The van der Waals surface area contributed by atoms with Crippen LogP contribution in [0.4, 0.5) is 0 Å². The van der Waals surface area contributed by atoms with Crippen LogP contribution in [0.25, 0.3) is 0 Å². The number of carbonyl (C=O) groups is 2. The highest BCUT2D eigenvalue weighted by Gasteiger charge is 2.47. The summed E-state index contributed by atoms with van der Waals surface area (Å²) < 4.78 is 22.0. The number of carbonyl (C=O) groups excluding carboxylic acids is 2. The average Bonchev–Trinajstić information content (AvgIpc) is 3.26. The predicted molar refractivity (Wildman–Crippen MR) is 115 cm³/mol. The minimum atomic E-state index is -2.06. The molecule has 9 heteroatoms. The smallest absolute Gasteiger partial charge is 0.328 e. The summed E-state index contributed by atoms with van der Waals surface area (Å²) in [5.74, 6) is -0.533. The molecule has 0 N–H and O–H groups in total. The third-order valence-electron chi connectivity index (χ3n) is 6.24. The topological polar surface area (TPSA) is 91.1 Å². The number of nitrogens with zero attached hydrogens (tertiary/aromatic N) is 2. The van der Waals surface area contributed by atoms with Crippen molar-refractivity contribution in [2.24, 2.45) is 5.92 Å². The zero-order chi connectivity index (χ0) is 22.9. The molecule has 0 bridgehead atoms. The van der Waals surface area contributed by atoms with Crippen molar-refractivity contribution in [1.82, 2.24) is 10.1 Å². The van der Waals surface area contributed by atoms with Crippen molar-refractivity contribution >= 4 is 20.2 Å². The van der Waals surface area contributed by atoms with Gasteiger partial charge in [-0.15, -0.1) is 0 Å². The molecule has 1 aromatic heterocycles. The molecule has 1 saturated heterocycles. The second kappa shape index (κ2) is 9.09. The summed E-state index contributed by atoms with van der Waals surface area (Å²) >= 11 is 0. The summed E-state index contributed by atoms with van der Waals surface area (Å²) in [6.07, 6.45) is 0.214. The molecule has 1 aliphatic rings. The molecule has 1 aliphatic heterocycles. The Morgan fingerprint density at radius 2 is 1.90 bits per heavy atom. The van der Waals surface area contributed by atoms with Gasteiger partial charge in [-0.3, -0.25) is 4.79 Å². The number of hydrogen-bond acceptors (Lipinski definition) is 7. The fourth-order valence-electron chi connectivity index (χ4n) is 3.51. The molecule has 30 heavy (non-hydrogen) atoms. The summed E-state index contributed by atoms with van der Waals surface area (Å²) in [5, 5.41) is 3.86. The van der Waals surface area contributed by atoms with Gasteiger partial charge in [0.1, 0.15) is 12.0 Å². The molecule has 0 aromatic carbocycles. The van der Waals surface area contributed by atoms with Gasteiger partial charge >= 0.3 is 5.97 Å². The van der Waals surface area contributed by atoms with Gasteiger partial charge in [-0.2, -0.15) is 0 Å². The fraction of sp³-hybridized carbons (Fsp3) is 0.762. The van der Waals surface area contributed by atoms with Gasteiger partial charge < -0.3 is 23.3 Å². The summed E-state index contributed by atoms with van der Waals surface area (Å²) in [6, 6.07) is 0.943. The summed E-state index contributed by atoms with van der Waals surface area (Å²) in [7, 11) is 0.773. The first-order chi connectivity index (χ1) is 13.8. The molecule has 170 valence electrons. The quantitative estimate of drug-likeness (QED) is 0.473. The van der Waals surface area contributed by atoms with Crippen molar-refractivity contribution < 1.29 is 28.0 Å². The van der Waals surface area contributed by atoms with Gasteiger partial charge in [-0.1, -0.05) is 34.6 Å². The lowest BCUT2D eigenvalue weighted by Crippen LogP contribution is -2.46. The standard InChI is InChI=1S/C21H36N2O6Si/c1-13(2)18(16-11-17(26-6)22-28-16)19(24)23-12-14(10-15(23)20(25)27-7)29-30(8,9)21(3,4)5/h11,13-15,18H,10,12H2,1-9H3/t14-,15+,18?/m1/s1. The number of ether oxygens (including phenoxy) is 2. The molecule has 3 atom stereocenters. The monoisotopic (exact) mass is 440 g/mol. The van der Waals surface area contributed by atoms with E-state index in [4.69, 9.17) is 18.4 Å². The van der Waals surface area contributed by atoms with Gasteiger partial charge in [0.15, 0.2) is 14.1 Å². The number of amides is 1. The molecule has 0 saturated carbocycles. The van der Waals surface area contributed by atoms with E-state index in [-0.39, 0.29) is 23.0 Å². The largest absolute Gasteiger partial charge is 0.479 e. The zero-order valence-electron chi connectivity index (χ0n) is 19.6. The number of rotatable bonds is 7. The lowest BCUT2D eigenvalue weighted by atomic mass is 9.91. The van der Waals surface area contributed by atoms with E-state index in [1.54, 1.807) is 11.0 Å². The van der Waals surface area contributed by atoms with Gasteiger partial charge in [-0.25, -0.2) is 4.79 Å². The van der Waals surface area contributed by atoms with Crippen LogP contribution >= 0.6 is 0 Å². The third kappa shape index (κ3) is 5.05. The second-order valence-corrected chi connectivity index (χ2v) is 14.5. The Bertz CT molecular complexity index is 755. The van der Waals surface area contributed by atoms with E-state index in [0.717, 1.165) is 0 Å². The lowest BCUT2D eigenvalue weighted by Gasteiger charge is -2.38. The van der Waals surface area contributed by atoms with E-state index in [2.05, 4.69) is 39.0 Å². The van der Waals surface area contributed by atoms with Crippen LogP contribution < -0.4 is 4.74 Å². The molecule has 8 nitrogen and oxygen atoms in total. The van der Waals surface area contributed by atoms with Crippen LogP contribution in [-0.2, 0) is 18.8 Å². The predicted octanol–water partition coefficient (Wildman–Crippen LogP) is 3.59. The number of aromatic nitrogens is 1. The van der Waals surface area contributed by atoms with Crippen molar-refractivity contribution in [3.8, 4) is 5.88 Å². The highest BCUT2D eigenvalue weighted by atomic mass is 28.4. The van der Waals surface area contributed by atoms with Crippen molar-refractivity contribution in [3.05, 3.63) is 11.8 Å². The number of hydrogen-bond donors (Lipinski definition) is 0. The first kappa shape index (κ1) is 24.4. The Morgan fingerprint density at radius 3 is 2.37 bits per heavy atom. The first-order valence-corrected chi connectivity index (χ1v) is 13.3. The Hall–Kier alpha value is -1.87. The highest BCUT2D eigenvalue weighted by Crippen LogP contribution is 2.40. The van der Waals surface area contributed by atoms with Crippen LogP contribution in [0.5, 0.6) is 5.88 Å². The molecule has 0 radical (unpaired) electrons. The molecule has 0 aliphatic carbocycles. The number of esters is 1. The Kier molecular flexibility index (Phi) is 7.39. The van der Waals surface area contributed by atoms with Gasteiger partial charge in [-0.05, 0) is 29.2 Å². The van der Waals surface area contributed by atoms with E-state index in [1.165, 1.54) is 14.2 Å². The molecular formula is C21H36N2O6Si. The van der Waals surface area contributed by atoms with Crippen LogP contribution in [0, 0.1) is 5.92 Å². The normalized spacial score (nSPS) is 21.1. The fourth-order valence-corrected chi connectivity index (χ4v) is 4.87. The molecule has 2 heterocycles. The van der Waals surface area contributed by atoms with Crippen LogP contribution in [-0.4, -0.2) is 63.2 Å². The van der Waals surface area contributed by atoms with Gasteiger partial charge in [0.2, 0.25) is 5.91 Å². The van der Waals surface area contributed by atoms with E-state index in [0.29, 0.717) is 24.6 Å². The van der Waals surface area contributed by atoms with Gasteiger partial charge in [0.25, 0.3) is 5.88 Å². The average molecular weight is 441 g/mol. The van der Waals surface area contributed by atoms with Crippen LogP contribution in [0.3, 0.4) is 0 Å². The molecule has 1 fully saturated rings. The Morgan fingerprint density at radius 1 is 1.27 bits per heavy atom. The zero-order valence-corrected chi connectivity index (χ0v) is 20.6. The maximum atomic E-state index is 13.6. The third-order valence-corrected chi connectivity index (χ3v) is 10.8. The van der Waals surface area contributed by atoms with Gasteiger partial charge in [0.05, 0.1) is 20.3 Å². The van der Waals surface area contributed by atoms with Gasteiger partial charge in [0, 0.05) is 19.0 Å². The van der Waals surface area contributed by atoms with Crippen LogP contribution in [0.1, 0.15) is 52.7 Å². The van der Waals surface area contributed by atoms with Crippen molar-refractivity contribution in [1.29, 1.82) is 0 Å². The van der Waals surface area contributed by atoms with E-state index < -0.39 is 26.2 Å². The van der Waals surface area contributed by atoms with E-state index >= 15 is 0 Å². The second-order valence-electron chi connectivity index (χ2n) is 9.76. The molecule has 2 rings (SSSR count). The minimum absolute atomic E-state index is 0.0298. The molecule has 0 spiro atoms. The number of likely N-dealkylation sites (tertiary alicyclic amines) is 1. The van der Waals surface area contributed by atoms with E-state index in [9.17, 15) is 9.59 Å². The molecule has 1 amide bonds. The lowest BCUT2D eigenvalue weighted by molar-refractivity contribution is -0.152. The number of methoxy groups -OCH3 is 2. The van der Waals surface area contributed by atoms with Crippen LogP contribution in [0.2, 0.25) is 18.1 Å². The van der Waals surface area contributed by atoms with E-state index in [1.807, 2.05) is 13.8 Å². The summed E-state index contributed by atoms with van der Waals surface area (Å²) in [6.45, 7) is 15.1. The molecular weight excluding hydrogens is 404 g/mol. The first-order valence-electron chi connectivity index (χ1n) is 10.4. The highest BCUT2D eigenvalue weighted by molar-refractivity contribution is 6.74.